The second-order valence-corrected chi connectivity index (χ2v) is 12.8. The predicted octanol–water partition coefficient (Wildman–Crippen LogP) is 12.4. The molecule has 0 saturated heterocycles. The Morgan fingerprint density at radius 1 is 0.425 bits per heavy atom. The third-order valence-electron chi connectivity index (χ3n) is 9.33. The van der Waals surface area contributed by atoms with Crippen LogP contribution in [0.15, 0.2) is 54.6 Å². The van der Waals surface area contributed by atoms with E-state index in [0.29, 0.717) is 0 Å². The first-order valence-corrected chi connectivity index (χ1v) is 17.5. The molecular formula is C39H62N+. The molecule has 0 amide bonds. The van der Waals surface area contributed by atoms with Gasteiger partial charge in [0.15, 0.2) is 0 Å². The van der Waals surface area contributed by atoms with E-state index >= 15 is 0 Å². The van der Waals surface area contributed by atoms with Gasteiger partial charge in [-0.05, 0) is 66.1 Å². The highest BCUT2D eigenvalue weighted by atomic mass is 15.3. The fourth-order valence-corrected chi connectivity index (χ4v) is 6.87. The van der Waals surface area contributed by atoms with Crippen LogP contribution in [0.4, 0.5) is 0 Å². The van der Waals surface area contributed by atoms with Crippen molar-refractivity contribution in [2.45, 2.75) is 143 Å². The van der Waals surface area contributed by atoms with Gasteiger partial charge in [-0.25, -0.2) is 0 Å². The van der Waals surface area contributed by atoms with Crippen LogP contribution in [0, 0.1) is 0 Å². The SMILES string of the molecule is CCCCCCCC[N+](CCCCCCCC)(CCCCCCCC)Cc1c2ccccc2cc2ccccc12. The number of hydrogen-bond donors (Lipinski definition) is 0. The molecular weight excluding hydrogens is 482 g/mol. The number of fused-ring (bicyclic) bond motifs is 2. The monoisotopic (exact) mass is 544 g/mol. The van der Waals surface area contributed by atoms with Crippen LogP contribution in [0.3, 0.4) is 0 Å². The maximum Gasteiger partial charge on any atom is 0.106 e. The zero-order chi connectivity index (χ0) is 28.3. The summed E-state index contributed by atoms with van der Waals surface area (Å²) < 4.78 is 1.30. The smallest absolute Gasteiger partial charge is 0.106 e. The van der Waals surface area contributed by atoms with Crippen molar-refractivity contribution in [1.29, 1.82) is 0 Å². The zero-order valence-electron chi connectivity index (χ0n) is 26.7. The first kappa shape index (κ1) is 32.7. The molecule has 0 spiro atoms. The van der Waals surface area contributed by atoms with Crippen LogP contribution in [0.2, 0.25) is 0 Å². The summed E-state index contributed by atoms with van der Waals surface area (Å²) in [6.45, 7) is 12.3. The molecule has 0 saturated carbocycles. The van der Waals surface area contributed by atoms with E-state index in [0.717, 1.165) is 0 Å². The Balaban J connectivity index is 1.88. The van der Waals surface area contributed by atoms with Crippen molar-refractivity contribution in [1.82, 2.24) is 0 Å². The lowest BCUT2D eigenvalue weighted by Crippen LogP contribution is -2.49. The lowest BCUT2D eigenvalue weighted by Gasteiger charge is -2.40. The van der Waals surface area contributed by atoms with Crippen molar-refractivity contribution in [2.24, 2.45) is 0 Å². The first-order valence-electron chi connectivity index (χ1n) is 17.5. The molecule has 3 aromatic carbocycles. The molecule has 1 heteroatoms. The molecule has 0 fully saturated rings. The normalized spacial score (nSPS) is 12.1. The molecule has 0 aliphatic rings. The molecule has 0 N–H and O–H groups in total. The predicted molar refractivity (Wildman–Crippen MR) is 180 cm³/mol. The Kier molecular flexibility index (Phi) is 15.8. The van der Waals surface area contributed by atoms with Gasteiger partial charge in [-0.15, -0.1) is 0 Å². The fraction of sp³-hybridized carbons (Fsp3) is 0.641. The third kappa shape index (κ3) is 10.8. The maximum atomic E-state index is 2.41. The summed E-state index contributed by atoms with van der Waals surface area (Å²) in [6.07, 6.45) is 25.1. The van der Waals surface area contributed by atoms with Gasteiger partial charge in [0.2, 0.25) is 0 Å². The number of unbranched alkanes of at least 4 members (excludes halogenated alkanes) is 15. The highest BCUT2D eigenvalue weighted by molar-refractivity contribution is 6.02. The third-order valence-corrected chi connectivity index (χ3v) is 9.33. The van der Waals surface area contributed by atoms with Gasteiger partial charge >= 0.3 is 0 Å². The summed E-state index contributed by atoms with van der Waals surface area (Å²) in [4.78, 5) is 0. The van der Waals surface area contributed by atoms with Crippen molar-refractivity contribution in [2.75, 3.05) is 19.6 Å². The Labute approximate surface area is 248 Å². The second-order valence-electron chi connectivity index (χ2n) is 12.8. The van der Waals surface area contributed by atoms with Gasteiger partial charge in [-0.2, -0.15) is 0 Å². The molecule has 0 radical (unpaired) electrons. The van der Waals surface area contributed by atoms with E-state index in [-0.39, 0.29) is 0 Å². The lowest BCUT2D eigenvalue weighted by molar-refractivity contribution is -0.941. The Morgan fingerprint density at radius 2 is 0.775 bits per heavy atom. The molecule has 222 valence electrons. The van der Waals surface area contributed by atoms with Crippen molar-refractivity contribution in [3.05, 3.63) is 60.2 Å². The van der Waals surface area contributed by atoms with Gasteiger partial charge in [-0.1, -0.05) is 146 Å². The summed E-state index contributed by atoms with van der Waals surface area (Å²) in [5.74, 6) is 0. The minimum Gasteiger partial charge on any atom is -0.320 e. The van der Waals surface area contributed by atoms with Crippen LogP contribution in [0.5, 0.6) is 0 Å². The highest BCUT2D eigenvalue weighted by Gasteiger charge is 2.28. The van der Waals surface area contributed by atoms with E-state index in [1.165, 1.54) is 168 Å². The quantitative estimate of drug-likeness (QED) is 0.0632. The van der Waals surface area contributed by atoms with Crippen molar-refractivity contribution in [3.63, 3.8) is 0 Å². The highest BCUT2D eigenvalue weighted by Crippen LogP contribution is 2.32. The standard InChI is InChI=1S/C39H62N/c1-4-7-10-13-16-23-30-40(31-24-17-14-11-8-5-2,32-25-18-15-12-9-6-3)34-39-37-28-21-19-26-35(37)33-36-27-20-22-29-38(36)39/h19-22,26-29,33H,4-18,23-25,30-32,34H2,1-3H3/q+1. The number of rotatable bonds is 23. The Hall–Kier alpha value is -1.86. The van der Waals surface area contributed by atoms with E-state index in [1.807, 2.05) is 0 Å². The van der Waals surface area contributed by atoms with Crippen LogP contribution in [0.1, 0.15) is 142 Å². The van der Waals surface area contributed by atoms with Gasteiger partial charge in [0.1, 0.15) is 6.54 Å². The molecule has 0 aliphatic carbocycles. The van der Waals surface area contributed by atoms with Gasteiger partial charge in [-0.3, -0.25) is 0 Å². The van der Waals surface area contributed by atoms with E-state index in [2.05, 4.69) is 75.4 Å². The number of benzene rings is 3. The van der Waals surface area contributed by atoms with Crippen LogP contribution >= 0.6 is 0 Å². The summed E-state index contributed by atoms with van der Waals surface area (Å²) in [5, 5.41) is 5.79. The molecule has 0 aromatic heterocycles. The topological polar surface area (TPSA) is 0 Å². The van der Waals surface area contributed by atoms with Crippen molar-refractivity contribution >= 4 is 21.5 Å². The van der Waals surface area contributed by atoms with Crippen molar-refractivity contribution < 1.29 is 4.48 Å². The van der Waals surface area contributed by atoms with Crippen LogP contribution in [-0.2, 0) is 6.54 Å². The number of nitrogens with zero attached hydrogens (tertiary/aromatic N) is 1. The zero-order valence-corrected chi connectivity index (χ0v) is 26.7. The second kappa shape index (κ2) is 19.3. The minimum atomic E-state index is 1.20. The van der Waals surface area contributed by atoms with E-state index in [9.17, 15) is 0 Å². The van der Waals surface area contributed by atoms with E-state index < -0.39 is 0 Å². The maximum absolute atomic E-state index is 2.41. The summed E-state index contributed by atoms with van der Waals surface area (Å²) in [6, 6.07) is 20.8. The molecule has 3 aromatic rings. The molecule has 3 rings (SSSR count). The molecule has 0 bridgehead atoms. The van der Waals surface area contributed by atoms with Gasteiger partial charge in [0.25, 0.3) is 0 Å². The van der Waals surface area contributed by atoms with Crippen molar-refractivity contribution in [3.8, 4) is 0 Å². The van der Waals surface area contributed by atoms with Gasteiger partial charge < -0.3 is 4.48 Å². The molecule has 1 nitrogen and oxygen atoms in total. The van der Waals surface area contributed by atoms with Crippen LogP contribution in [0.25, 0.3) is 21.5 Å². The average Bonchev–Trinajstić information content (AvgIpc) is 2.98. The lowest BCUT2D eigenvalue weighted by atomic mass is 9.95. The number of hydrogen-bond acceptors (Lipinski definition) is 0. The average molecular weight is 545 g/mol. The van der Waals surface area contributed by atoms with Crippen LogP contribution in [-0.4, -0.2) is 24.1 Å². The van der Waals surface area contributed by atoms with Gasteiger partial charge in [0, 0.05) is 5.56 Å². The molecule has 0 atom stereocenters. The molecule has 0 unspecified atom stereocenters. The minimum absolute atomic E-state index is 1.20. The summed E-state index contributed by atoms with van der Waals surface area (Å²) >= 11 is 0. The van der Waals surface area contributed by atoms with Gasteiger partial charge in [0.05, 0.1) is 19.6 Å². The molecule has 0 aliphatic heterocycles. The van der Waals surface area contributed by atoms with E-state index in [4.69, 9.17) is 0 Å². The Bertz CT molecular complexity index is 972. The first-order chi connectivity index (χ1) is 19.7. The largest absolute Gasteiger partial charge is 0.320 e. The Morgan fingerprint density at radius 3 is 1.18 bits per heavy atom. The number of quaternary nitrogens is 1. The summed E-state index contributed by atoms with van der Waals surface area (Å²) in [7, 11) is 0. The fourth-order valence-electron chi connectivity index (χ4n) is 6.87. The summed E-state index contributed by atoms with van der Waals surface area (Å²) in [5.41, 5.74) is 1.61. The molecule has 40 heavy (non-hydrogen) atoms. The molecule has 0 heterocycles. The van der Waals surface area contributed by atoms with E-state index in [1.54, 1.807) is 5.56 Å². The van der Waals surface area contributed by atoms with Crippen LogP contribution < -0.4 is 0 Å².